The van der Waals surface area contributed by atoms with Crippen LogP contribution < -0.4 is 0 Å². The van der Waals surface area contributed by atoms with Crippen molar-refractivity contribution in [3.05, 3.63) is 72.0 Å². The molecule has 0 saturated heterocycles. The monoisotopic (exact) mass is 265 g/mol. The Kier molecular flexibility index (Phi) is 3.21. The molecule has 0 unspecified atom stereocenters. The first-order valence-electron chi connectivity index (χ1n) is 6.45. The van der Waals surface area contributed by atoms with Gasteiger partial charge >= 0.3 is 0 Å². The van der Waals surface area contributed by atoms with Crippen LogP contribution in [-0.4, -0.2) is 27.0 Å². The van der Waals surface area contributed by atoms with Crippen molar-refractivity contribution in [2.75, 3.05) is 7.05 Å². The number of hydrogen-bond acceptors (Lipinski definition) is 2. The van der Waals surface area contributed by atoms with Gasteiger partial charge in [-0.05, 0) is 22.9 Å². The zero-order valence-electron chi connectivity index (χ0n) is 11.2. The van der Waals surface area contributed by atoms with Gasteiger partial charge < -0.3 is 9.77 Å². The average molecular weight is 265 g/mol. The van der Waals surface area contributed by atoms with E-state index in [0.717, 1.165) is 15.7 Å². The molecule has 4 heteroatoms. The molecule has 4 nitrogen and oxygen atoms in total. The molecule has 0 aliphatic heterocycles. The molecule has 0 fully saturated rings. The molecule has 0 radical (unpaired) electrons. The zero-order chi connectivity index (χ0) is 13.9. The number of fused-ring (bicyclic) bond motifs is 1. The van der Waals surface area contributed by atoms with E-state index in [1.54, 1.807) is 12.5 Å². The van der Waals surface area contributed by atoms with Gasteiger partial charge in [0.05, 0.1) is 6.33 Å². The summed E-state index contributed by atoms with van der Waals surface area (Å²) in [6.07, 6.45) is 5.28. The SMILES string of the molecule is C/[N+]([O-])=C(/Cn1ccnc1)c1ccc2ccccc2c1. The molecule has 20 heavy (non-hydrogen) atoms. The summed E-state index contributed by atoms with van der Waals surface area (Å²) in [7, 11) is 1.53. The van der Waals surface area contributed by atoms with Gasteiger partial charge in [-0.15, -0.1) is 0 Å². The molecule has 0 N–H and O–H groups in total. The maximum atomic E-state index is 11.9. The summed E-state index contributed by atoms with van der Waals surface area (Å²) >= 11 is 0. The molecule has 3 rings (SSSR count). The van der Waals surface area contributed by atoms with Gasteiger partial charge in [-0.3, -0.25) is 0 Å². The molecule has 0 saturated carbocycles. The molecule has 100 valence electrons. The highest BCUT2D eigenvalue weighted by atomic mass is 16.5. The summed E-state index contributed by atoms with van der Waals surface area (Å²) in [5.41, 5.74) is 1.66. The number of imidazole rings is 1. The van der Waals surface area contributed by atoms with E-state index in [0.29, 0.717) is 12.3 Å². The second-order valence-corrected chi connectivity index (χ2v) is 4.74. The van der Waals surface area contributed by atoms with Crippen molar-refractivity contribution in [1.29, 1.82) is 0 Å². The van der Waals surface area contributed by atoms with E-state index in [-0.39, 0.29) is 0 Å². The molecule has 0 aliphatic carbocycles. The van der Waals surface area contributed by atoms with Gasteiger partial charge in [0.25, 0.3) is 0 Å². The van der Waals surface area contributed by atoms with Crippen LogP contribution in [0.15, 0.2) is 61.2 Å². The van der Waals surface area contributed by atoms with E-state index in [1.165, 1.54) is 12.4 Å². The van der Waals surface area contributed by atoms with E-state index in [1.807, 2.05) is 35.0 Å². The van der Waals surface area contributed by atoms with Crippen LogP contribution in [0.1, 0.15) is 5.56 Å². The number of nitrogens with zero attached hydrogens (tertiary/aromatic N) is 3. The standard InChI is InChI=1S/C16H15N3O/c1-18(20)16(11-19-9-8-17-12-19)15-7-6-13-4-2-3-5-14(13)10-15/h2-10,12H,11H2,1H3/b18-16+. The minimum atomic E-state index is 0.512. The van der Waals surface area contributed by atoms with Crippen molar-refractivity contribution < 1.29 is 4.74 Å². The van der Waals surface area contributed by atoms with Crippen LogP contribution in [0.25, 0.3) is 10.8 Å². The van der Waals surface area contributed by atoms with Crippen molar-refractivity contribution in [2.45, 2.75) is 6.54 Å². The second kappa shape index (κ2) is 5.17. The van der Waals surface area contributed by atoms with Crippen LogP contribution in [0.2, 0.25) is 0 Å². The van der Waals surface area contributed by atoms with Crippen molar-refractivity contribution in [1.82, 2.24) is 9.55 Å². The Bertz CT molecular complexity index is 756. The van der Waals surface area contributed by atoms with Gasteiger partial charge in [-0.1, -0.05) is 30.3 Å². The van der Waals surface area contributed by atoms with E-state index in [4.69, 9.17) is 0 Å². The largest absolute Gasteiger partial charge is 0.624 e. The molecule has 0 spiro atoms. The summed E-state index contributed by atoms with van der Waals surface area (Å²) in [6, 6.07) is 14.2. The Morgan fingerprint density at radius 1 is 1.20 bits per heavy atom. The summed E-state index contributed by atoms with van der Waals surface area (Å²) < 4.78 is 2.81. The third-order valence-corrected chi connectivity index (χ3v) is 3.35. The number of benzene rings is 2. The quantitative estimate of drug-likeness (QED) is 0.316. The second-order valence-electron chi connectivity index (χ2n) is 4.74. The van der Waals surface area contributed by atoms with E-state index in [2.05, 4.69) is 23.2 Å². The van der Waals surface area contributed by atoms with Crippen LogP contribution in [0.5, 0.6) is 0 Å². The van der Waals surface area contributed by atoms with Crippen LogP contribution in [-0.2, 0) is 6.54 Å². The van der Waals surface area contributed by atoms with Gasteiger partial charge in [0.1, 0.15) is 13.6 Å². The lowest BCUT2D eigenvalue weighted by atomic mass is 10.0. The Morgan fingerprint density at radius 2 is 2.00 bits per heavy atom. The fraction of sp³-hybridized carbons (Fsp3) is 0.125. The first-order valence-corrected chi connectivity index (χ1v) is 6.45. The minimum absolute atomic E-state index is 0.512. The lowest BCUT2D eigenvalue weighted by Gasteiger charge is -2.09. The first-order chi connectivity index (χ1) is 9.74. The summed E-state index contributed by atoms with van der Waals surface area (Å²) in [6.45, 7) is 0.512. The average Bonchev–Trinajstić information content (AvgIpc) is 2.97. The molecule has 0 aliphatic rings. The Hall–Kier alpha value is -2.62. The summed E-state index contributed by atoms with van der Waals surface area (Å²) in [5.74, 6) is 0. The molecule has 0 amide bonds. The van der Waals surface area contributed by atoms with Crippen LogP contribution >= 0.6 is 0 Å². The fourth-order valence-corrected chi connectivity index (χ4v) is 2.29. The summed E-state index contributed by atoms with van der Waals surface area (Å²) in [4.78, 5) is 4.01. The maximum Gasteiger partial charge on any atom is 0.214 e. The Balaban J connectivity index is 2.04. The number of rotatable bonds is 3. The molecule has 1 heterocycles. The van der Waals surface area contributed by atoms with Gasteiger partial charge in [-0.2, -0.15) is 0 Å². The van der Waals surface area contributed by atoms with Crippen molar-refractivity contribution in [3.63, 3.8) is 0 Å². The lowest BCUT2D eigenvalue weighted by Crippen LogP contribution is -2.19. The van der Waals surface area contributed by atoms with E-state index < -0.39 is 0 Å². The molecular weight excluding hydrogens is 250 g/mol. The predicted octanol–water partition coefficient (Wildman–Crippen LogP) is 2.67. The summed E-state index contributed by atoms with van der Waals surface area (Å²) in [5, 5.41) is 14.2. The van der Waals surface area contributed by atoms with Gasteiger partial charge in [0.15, 0.2) is 0 Å². The third kappa shape index (κ3) is 2.40. The highest BCUT2D eigenvalue weighted by molar-refractivity contribution is 6.00. The van der Waals surface area contributed by atoms with Crippen molar-refractivity contribution in [3.8, 4) is 0 Å². The van der Waals surface area contributed by atoms with E-state index in [9.17, 15) is 5.21 Å². The highest BCUT2D eigenvalue weighted by Gasteiger charge is 2.12. The first kappa shape index (κ1) is 12.4. The number of hydroxylamine groups is 1. The third-order valence-electron chi connectivity index (χ3n) is 3.35. The fourth-order valence-electron chi connectivity index (χ4n) is 2.29. The lowest BCUT2D eigenvalue weighted by molar-refractivity contribution is -0.423. The van der Waals surface area contributed by atoms with Gasteiger partial charge in [0.2, 0.25) is 5.71 Å². The minimum Gasteiger partial charge on any atom is -0.624 e. The Labute approximate surface area is 117 Å². The van der Waals surface area contributed by atoms with Crippen molar-refractivity contribution in [2.24, 2.45) is 0 Å². The molecule has 0 bridgehead atoms. The number of hydrogen-bond donors (Lipinski definition) is 0. The smallest absolute Gasteiger partial charge is 0.214 e. The van der Waals surface area contributed by atoms with Crippen LogP contribution in [0.3, 0.4) is 0 Å². The van der Waals surface area contributed by atoms with Crippen LogP contribution in [0, 0.1) is 5.21 Å². The highest BCUT2D eigenvalue weighted by Crippen LogP contribution is 2.16. The maximum absolute atomic E-state index is 11.9. The molecular formula is C16H15N3O. The van der Waals surface area contributed by atoms with E-state index >= 15 is 0 Å². The number of aromatic nitrogens is 2. The Morgan fingerprint density at radius 3 is 2.70 bits per heavy atom. The predicted molar refractivity (Wildman–Crippen MR) is 79.8 cm³/mol. The molecule has 1 aromatic heterocycles. The topological polar surface area (TPSA) is 43.9 Å². The van der Waals surface area contributed by atoms with Gasteiger partial charge in [0, 0.05) is 18.0 Å². The molecule has 2 aromatic carbocycles. The zero-order valence-corrected chi connectivity index (χ0v) is 11.2. The van der Waals surface area contributed by atoms with Crippen LogP contribution in [0.4, 0.5) is 0 Å². The molecule has 0 atom stereocenters. The van der Waals surface area contributed by atoms with Gasteiger partial charge in [-0.25, -0.2) is 9.72 Å². The molecule has 3 aromatic rings. The van der Waals surface area contributed by atoms with Crippen molar-refractivity contribution >= 4 is 16.5 Å². The normalized spacial score (nSPS) is 12.4.